The second-order valence-corrected chi connectivity index (χ2v) is 3.17. The summed E-state index contributed by atoms with van der Waals surface area (Å²) in [4.78, 5) is 11.0. The molecule has 0 bridgehead atoms. The first-order chi connectivity index (χ1) is 5.16. The Labute approximate surface area is 67.1 Å². The van der Waals surface area contributed by atoms with Gasteiger partial charge in [-0.2, -0.15) is 0 Å². The normalized spacial score (nSPS) is 28.7. The Morgan fingerprint density at radius 2 is 2.27 bits per heavy atom. The minimum absolute atomic E-state index is 0.0325. The van der Waals surface area contributed by atoms with Gasteiger partial charge in [-0.15, -0.1) is 0 Å². The minimum atomic E-state index is -0.105. The molecule has 11 heavy (non-hydrogen) atoms. The van der Waals surface area contributed by atoms with Gasteiger partial charge in [0.2, 0.25) is 0 Å². The van der Waals surface area contributed by atoms with E-state index in [0.29, 0.717) is 18.6 Å². The van der Waals surface area contributed by atoms with Crippen molar-refractivity contribution in [2.75, 3.05) is 6.61 Å². The Hall–Kier alpha value is -0.570. The van der Waals surface area contributed by atoms with E-state index in [-0.39, 0.29) is 12.0 Å². The monoisotopic (exact) mass is 157 g/mol. The quantitative estimate of drug-likeness (QED) is 0.480. The summed E-state index contributed by atoms with van der Waals surface area (Å²) in [6.45, 7) is 6.49. The van der Waals surface area contributed by atoms with Gasteiger partial charge in [0.05, 0.1) is 6.61 Å². The van der Waals surface area contributed by atoms with Gasteiger partial charge in [-0.05, 0) is 12.8 Å². The van der Waals surface area contributed by atoms with Crippen LogP contribution in [0.1, 0.15) is 20.8 Å². The van der Waals surface area contributed by atoms with Crippen LogP contribution in [0.5, 0.6) is 0 Å². The van der Waals surface area contributed by atoms with E-state index in [1.807, 2.05) is 6.92 Å². The molecular formula is C8H15NO2. The molecule has 0 saturated carbocycles. The number of carbonyl (C=O) groups excluding carboxylic acids is 1. The number of ether oxygens (including phenoxy) is 1. The summed E-state index contributed by atoms with van der Waals surface area (Å²) >= 11 is 0. The molecule has 0 radical (unpaired) electrons. The van der Waals surface area contributed by atoms with Crippen LogP contribution in [0.2, 0.25) is 0 Å². The van der Waals surface area contributed by atoms with Gasteiger partial charge in [-0.25, -0.2) is 0 Å². The first-order valence-electron chi connectivity index (χ1n) is 4.09. The molecule has 1 rings (SSSR count). The standard InChI is InChI=1S/C8H15NO2/c1-4-11-8(10)7-6(9-7)5(2)3/h5-7,9H,4H2,1-3H3/t6-,7+/m0/s1. The van der Waals surface area contributed by atoms with Crippen LogP contribution in [0.4, 0.5) is 0 Å². The van der Waals surface area contributed by atoms with E-state index in [4.69, 9.17) is 4.74 Å². The van der Waals surface area contributed by atoms with Crippen molar-refractivity contribution in [2.45, 2.75) is 32.9 Å². The molecule has 3 nitrogen and oxygen atoms in total. The van der Waals surface area contributed by atoms with Crippen LogP contribution < -0.4 is 5.32 Å². The van der Waals surface area contributed by atoms with Crippen LogP contribution in [0.3, 0.4) is 0 Å². The molecule has 0 aromatic carbocycles. The zero-order chi connectivity index (χ0) is 8.43. The van der Waals surface area contributed by atoms with Crippen LogP contribution in [0.15, 0.2) is 0 Å². The second-order valence-electron chi connectivity index (χ2n) is 3.17. The number of rotatable bonds is 3. The van der Waals surface area contributed by atoms with Gasteiger partial charge >= 0.3 is 5.97 Å². The van der Waals surface area contributed by atoms with Gasteiger partial charge in [0, 0.05) is 6.04 Å². The van der Waals surface area contributed by atoms with E-state index in [2.05, 4.69) is 19.2 Å². The lowest BCUT2D eigenvalue weighted by Gasteiger charge is -2.00. The summed E-state index contributed by atoms with van der Waals surface area (Å²) in [7, 11) is 0. The molecule has 1 N–H and O–H groups in total. The Morgan fingerprint density at radius 1 is 1.64 bits per heavy atom. The molecular weight excluding hydrogens is 142 g/mol. The van der Waals surface area contributed by atoms with Crippen molar-refractivity contribution in [3.05, 3.63) is 0 Å². The van der Waals surface area contributed by atoms with Crippen molar-refractivity contribution in [2.24, 2.45) is 5.92 Å². The van der Waals surface area contributed by atoms with Gasteiger partial charge in [-0.1, -0.05) is 13.8 Å². The summed E-state index contributed by atoms with van der Waals surface area (Å²) in [5.74, 6) is 0.413. The van der Waals surface area contributed by atoms with Crippen molar-refractivity contribution in [1.29, 1.82) is 0 Å². The third-order valence-electron chi connectivity index (χ3n) is 1.88. The van der Waals surface area contributed by atoms with Crippen molar-refractivity contribution >= 4 is 5.97 Å². The minimum Gasteiger partial charge on any atom is -0.465 e. The number of carbonyl (C=O) groups is 1. The van der Waals surface area contributed by atoms with E-state index in [9.17, 15) is 4.79 Å². The van der Waals surface area contributed by atoms with Crippen LogP contribution >= 0.6 is 0 Å². The average Bonchev–Trinajstić information content (AvgIpc) is 2.65. The van der Waals surface area contributed by atoms with Gasteiger partial charge < -0.3 is 4.74 Å². The molecule has 0 unspecified atom stereocenters. The Morgan fingerprint density at radius 3 is 2.64 bits per heavy atom. The third-order valence-corrected chi connectivity index (χ3v) is 1.88. The number of hydrogen-bond acceptors (Lipinski definition) is 3. The molecule has 0 spiro atoms. The van der Waals surface area contributed by atoms with E-state index < -0.39 is 0 Å². The lowest BCUT2D eigenvalue weighted by molar-refractivity contribution is -0.142. The van der Waals surface area contributed by atoms with Crippen molar-refractivity contribution in [3.8, 4) is 0 Å². The highest BCUT2D eigenvalue weighted by molar-refractivity contribution is 5.80. The Bertz CT molecular complexity index is 156. The first-order valence-corrected chi connectivity index (χ1v) is 4.09. The molecule has 1 saturated heterocycles. The zero-order valence-corrected chi connectivity index (χ0v) is 7.26. The van der Waals surface area contributed by atoms with Crippen molar-refractivity contribution < 1.29 is 9.53 Å². The van der Waals surface area contributed by atoms with Crippen LogP contribution in [0, 0.1) is 5.92 Å². The average molecular weight is 157 g/mol. The van der Waals surface area contributed by atoms with E-state index in [1.54, 1.807) is 0 Å². The Balaban J connectivity index is 2.26. The maximum absolute atomic E-state index is 11.0. The van der Waals surface area contributed by atoms with Crippen LogP contribution in [0.25, 0.3) is 0 Å². The van der Waals surface area contributed by atoms with Crippen molar-refractivity contribution in [1.82, 2.24) is 5.32 Å². The molecule has 0 amide bonds. The summed E-state index contributed by atoms with van der Waals surface area (Å²) in [5.41, 5.74) is 0. The number of hydrogen-bond donors (Lipinski definition) is 1. The molecule has 0 aliphatic carbocycles. The van der Waals surface area contributed by atoms with Crippen LogP contribution in [-0.4, -0.2) is 24.7 Å². The molecule has 2 atom stereocenters. The molecule has 0 aromatic heterocycles. The van der Waals surface area contributed by atoms with Gasteiger partial charge in [0.1, 0.15) is 6.04 Å². The number of nitrogens with one attached hydrogen (secondary N) is 1. The van der Waals surface area contributed by atoms with Crippen molar-refractivity contribution in [3.63, 3.8) is 0 Å². The summed E-state index contributed by atoms with van der Waals surface area (Å²) in [6, 6.07) is 0.309. The second kappa shape index (κ2) is 3.22. The topological polar surface area (TPSA) is 48.2 Å². The SMILES string of the molecule is CCOC(=O)[C@@H]1N[C@H]1C(C)C. The van der Waals surface area contributed by atoms with Gasteiger partial charge in [0.25, 0.3) is 0 Å². The summed E-state index contributed by atoms with van der Waals surface area (Å²) < 4.78 is 4.84. The van der Waals surface area contributed by atoms with Crippen LogP contribution in [-0.2, 0) is 9.53 Å². The highest BCUT2D eigenvalue weighted by Gasteiger charge is 2.44. The molecule has 1 aliphatic heterocycles. The van der Waals surface area contributed by atoms with Gasteiger partial charge in [0.15, 0.2) is 0 Å². The first kappa shape index (κ1) is 8.53. The Kier molecular flexibility index (Phi) is 2.49. The highest BCUT2D eigenvalue weighted by atomic mass is 16.5. The van der Waals surface area contributed by atoms with E-state index in [1.165, 1.54) is 0 Å². The smallest absolute Gasteiger partial charge is 0.324 e. The molecule has 1 heterocycles. The molecule has 64 valence electrons. The third kappa shape index (κ3) is 1.93. The van der Waals surface area contributed by atoms with Gasteiger partial charge in [-0.3, -0.25) is 10.1 Å². The zero-order valence-electron chi connectivity index (χ0n) is 7.26. The van der Waals surface area contributed by atoms with E-state index in [0.717, 1.165) is 0 Å². The largest absolute Gasteiger partial charge is 0.465 e. The maximum Gasteiger partial charge on any atom is 0.324 e. The predicted molar refractivity (Wildman–Crippen MR) is 42.2 cm³/mol. The lowest BCUT2D eigenvalue weighted by atomic mass is 10.1. The maximum atomic E-state index is 11.0. The van der Waals surface area contributed by atoms with E-state index >= 15 is 0 Å². The highest BCUT2D eigenvalue weighted by Crippen LogP contribution is 2.20. The lowest BCUT2D eigenvalue weighted by Crippen LogP contribution is -2.16. The summed E-state index contributed by atoms with van der Waals surface area (Å²) in [6.07, 6.45) is 0. The fraction of sp³-hybridized carbons (Fsp3) is 0.875. The fourth-order valence-corrected chi connectivity index (χ4v) is 1.18. The predicted octanol–water partition coefficient (Wildman–Crippen LogP) is 0.546. The molecule has 1 fully saturated rings. The molecule has 0 aromatic rings. The number of esters is 1. The summed E-state index contributed by atoms with van der Waals surface area (Å²) in [5, 5.41) is 3.08. The fourth-order valence-electron chi connectivity index (χ4n) is 1.18. The molecule has 1 aliphatic rings. The molecule has 3 heteroatoms.